The molecule has 0 saturated carbocycles. The molecule has 1 aromatic rings. The van der Waals surface area contributed by atoms with Gasteiger partial charge in [-0.25, -0.2) is 4.98 Å². The molecule has 0 spiro atoms. The van der Waals surface area contributed by atoms with E-state index in [9.17, 15) is 4.79 Å². The van der Waals surface area contributed by atoms with Crippen molar-refractivity contribution in [2.24, 2.45) is 0 Å². The van der Waals surface area contributed by atoms with Crippen molar-refractivity contribution < 1.29 is 9.53 Å². The molecule has 0 saturated heterocycles. The molecule has 1 aliphatic carbocycles. The Morgan fingerprint density at radius 3 is 2.62 bits per heavy atom. The fraction of sp³-hybridized carbons (Fsp3) is 0.296. The number of nitrogens with one attached hydrogen (secondary N) is 3. The van der Waals surface area contributed by atoms with Gasteiger partial charge in [0.1, 0.15) is 10.8 Å². The zero-order valence-electron chi connectivity index (χ0n) is 22.1. The van der Waals surface area contributed by atoms with Crippen LogP contribution in [0.1, 0.15) is 13.3 Å². The summed E-state index contributed by atoms with van der Waals surface area (Å²) in [5.74, 6) is 1.08. The van der Waals surface area contributed by atoms with Gasteiger partial charge in [0.2, 0.25) is 11.9 Å². The molecular weight excluding hydrogens is 490 g/mol. The molecule has 0 unspecified atom stereocenters. The summed E-state index contributed by atoms with van der Waals surface area (Å²) in [6, 6.07) is 0. The molecule has 1 heterocycles. The van der Waals surface area contributed by atoms with Crippen molar-refractivity contribution in [1.82, 2.24) is 25.1 Å². The minimum atomic E-state index is -0.319. The van der Waals surface area contributed by atoms with Crippen molar-refractivity contribution in [2.45, 2.75) is 13.3 Å². The number of ether oxygens (including phenoxy) is 1. The molecule has 0 fully saturated rings. The maximum Gasteiger partial charge on any atom is 0.247 e. The predicted molar refractivity (Wildman–Crippen MR) is 152 cm³/mol. The molecule has 10 heteroatoms. The highest BCUT2D eigenvalue weighted by Gasteiger charge is 2.20. The number of amides is 1. The largest absolute Gasteiger partial charge is 0.499 e. The van der Waals surface area contributed by atoms with Crippen LogP contribution >= 0.6 is 11.6 Å². The number of hydrogen-bond donors (Lipinski definition) is 3. The summed E-state index contributed by atoms with van der Waals surface area (Å²) in [6.45, 7) is 10.7. The topological polar surface area (TPSA) is 94.7 Å². The first-order chi connectivity index (χ1) is 17.7. The molecule has 198 valence electrons. The van der Waals surface area contributed by atoms with Crippen LogP contribution in [0.5, 0.6) is 0 Å². The molecule has 1 aliphatic rings. The lowest BCUT2D eigenvalue weighted by atomic mass is 10.2. The van der Waals surface area contributed by atoms with Crippen molar-refractivity contribution in [3.8, 4) is 0 Å². The Bertz CT molecular complexity index is 1150. The smallest absolute Gasteiger partial charge is 0.247 e. The Kier molecular flexibility index (Phi) is 11.7. The normalized spacial score (nSPS) is 14.1. The molecule has 0 atom stereocenters. The van der Waals surface area contributed by atoms with Gasteiger partial charge in [-0.2, -0.15) is 4.98 Å². The van der Waals surface area contributed by atoms with E-state index in [2.05, 4.69) is 48.9 Å². The number of allylic oxidation sites excluding steroid dienone is 7. The quantitative estimate of drug-likeness (QED) is 0.257. The third-order valence-corrected chi connectivity index (χ3v) is 5.51. The van der Waals surface area contributed by atoms with Crippen LogP contribution in [0, 0.1) is 0 Å². The van der Waals surface area contributed by atoms with Crippen molar-refractivity contribution in [1.29, 1.82) is 0 Å². The van der Waals surface area contributed by atoms with Crippen LogP contribution in [-0.4, -0.2) is 67.0 Å². The zero-order valence-corrected chi connectivity index (χ0v) is 22.9. The van der Waals surface area contributed by atoms with Crippen LogP contribution in [0.4, 0.5) is 11.8 Å². The standard InChI is InChI=1S/C27H36ClN7O2/c1-8-10-11-12-19(3)30-26-20(28)18-29-27(33-26)32-22-17-21(31-25(36)9-2)23(13-14-24(22)37-7)35(6)16-15-34(4)5/h8-13,17-18H,1-2,14-16H2,3-7H3,(H,31,36)(H2,29,30,32,33)/b11-10-,19-12+. The number of halogens is 1. The van der Waals surface area contributed by atoms with Crippen LogP contribution in [0.2, 0.25) is 5.02 Å². The minimum Gasteiger partial charge on any atom is -0.499 e. The average Bonchev–Trinajstić information content (AvgIpc) is 3.03. The summed E-state index contributed by atoms with van der Waals surface area (Å²) < 4.78 is 5.68. The Morgan fingerprint density at radius 2 is 1.97 bits per heavy atom. The summed E-state index contributed by atoms with van der Waals surface area (Å²) in [5.41, 5.74) is 2.89. The van der Waals surface area contributed by atoms with Gasteiger partial charge >= 0.3 is 0 Å². The van der Waals surface area contributed by atoms with E-state index in [1.165, 1.54) is 12.3 Å². The van der Waals surface area contributed by atoms with E-state index in [0.29, 0.717) is 40.4 Å². The van der Waals surface area contributed by atoms with Gasteiger partial charge in [-0.15, -0.1) is 0 Å². The highest BCUT2D eigenvalue weighted by Crippen LogP contribution is 2.26. The van der Waals surface area contributed by atoms with Gasteiger partial charge in [0.25, 0.3) is 0 Å². The van der Waals surface area contributed by atoms with E-state index in [0.717, 1.165) is 24.5 Å². The number of nitrogens with zero attached hydrogens (tertiary/aromatic N) is 4. The summed E-state index contributed by atoms with van der Waals surface area (Å²) in [7, 11) is 7.61. The van der Waals surface area contributed by atoms with Gasteiger partial charge in [0.15, 0.2) is 5.82 Å². The van der Waals surface area contributed by atoms with Gasteiger partial charge < -0.3 is 30.5 Å². The number of aromatic nitrogens is 2. The Hall–Kier alpha value is -3.82. The second-order valence-corrected chi connectivity index (χ2v) is 8.83. The average molecular weight is 526 g/mol. The number of hydrogen-bond acceptors (Lipinski definition) is 8. The summed E-state index contributed by atoms with van der Waals surface area (Å²) in [4.78, 5) is 25.3. The molecular formula is C27H36ClN7O2. The van der Waals surface area contributed by atoms with Gasteiger partial charge in [0, 0.05) is 32.3 Å². The monoisotopic (exact) mass is 525 g/mol. The molecule has 9 nitrogen and oxygen atoms in total. The van der Waals surface area contributed by atoms with Crippen LogP contribution < -0.4 is 16.0 Å². The Balaban J connectivity index is 2.41. The number of carbonyl (C=O) groups is 1. The van der Waals surface area contributed by atoms with Crippen molar-refractivity contribution in [3.05, 3.63) is 95.5 Å². The highest BCUT2D eigenvalue weighted by molar-refractivity contribution is 6.32. The first-order valence-electron chi connectivity index (χ1n) is 11.7. The first-order valence-corrected chi connectivity index (χ1v) is 12.1. The van der Waals surface area contributed by atoms with E-state index in [1.54, 1.807) is 13.2 Å². The third kappa shape index (κ3) is 9.29. The molecule has 0 bridgehead atoms. The van der Waals surface area contributed by atoms with Crippen molar-refractivity contribution in [2.75, 3.05) is 52.0 Å². The second-order valence-electron chi connectivity index (χ2n) is 8.42. The number of likely N-dealkylation sites (N-methyl/N-ethyl adjacent to an activating group) is 2. The van der Waals surface area contributed by atoms with E-state index in [1.807, 2.05) is 58.4 Å². The molecule has 1 amide bonds. The summed E-state index contributed by atoms with van der Waals surface area (Å²) >= 11 is 6.33. The predicted octanol–water partition coefficient (Wildman–Crippen LogP) is 4.42. The number of rotatable bonds is 13. The second kappa shape index (κ2) is 14.7. The fourth-order valence-corrected chi connectivity index (χ4v) is 3.40. The van der Waals surface area contributed by atoms with Crippen LogP contribution in [0.3, 0.4) is 0 Å². The molecule has 3 N–H and O–H groups in total. The fourth-order valence-electron chi connectivity index (χ4n) is 3.27. The maximum absolute atomic E-state index is 12.3. The Labute approximate surface area is 224 Å². The van der Waals surface area contributed by atoms with E-state index >= 15 is 0 Å². The molecule has 0 aromatic carbocycles. The number of anilines is 2. The lowest BCUT2D eigenvalue weighted by molar-refractivity contribution is -0.115. The van der Waals surface area contributed by atoms with Gasteiger partial charge in [-0.3, -0.25) is 4.79 Å². The van der Waals surface area contributed by atoms with Crippen molar-refractivity contribution >= 4 is 29.3 Å². The molecule has 37 heavy (non-hydrogen) atoms. The summed E-state index contributed by atoms with van der Waals surface area (Å²) in [6.07, 6.45) is 14.3. The van der Waals surface area contributed by atoms with E-state index in [4.69, 9.17) is 16.3 Å². The Morgan fingerprint density at radius 1 is 1.22 bits per heavy atom. The van der Waals surface area contributed by atoms with E-state index < -0.39 is 0 Å². The highest BCUT2D eigenvalue weighted by atomic mass is 35.5. The molecule has 2 rings (SSSR count). The maximum atomic E-state index is 12.3. The van der Waals surface area contributed by atoms with Crippen LogP contribution in [0.15, 0.2) is 90.4 Å². The van der Waals surface area contributed by atoms with Gasteiger partial charge in [-0.05, 0) is 39.2 Å². The van der Waals surface area contributed by atoms with Crippen molar-refractivity contribution in [3.63, 3.8) is 0 Å². The first kappa shape index (κ1) is 29.4. The third-order valence-electron chi connectivity index (χ3n) is 5.23. The SMILES string of the molecule is C=C/C=C\C=C(/C)Nc1nc(NC2=C(OC)CC=C(N(C)CCN(C)C)C(NC(=O)C=C)=C2)ncc1Cl. The number of methoxy groups -OCH3 is 1. The minimum absolute atomic E-state index is 0.306. The van der Waals surface area contributed by atoms with Gasteiger partial charge in [0.05, 0.1) is 30.4 Å². The lowest BCUT2D eigenvalue weighted by Gasteiger charge is -2.26. The lowest BCUT2D eigenvalue weighted by Crippen LogP contribution is -2.32. The van der Waals surface area contributed by atoms with Gasteiger partial charge in [-0.1, -0.05) is 49.1 Å². The molecule has 0 aliphatic heterocycles. The zero-order chi connectivity index (χ0) is 27.4. The van der Waals surface area contributed by atoms with Crippen LogP contribution in [-0.2, 0) is 9.53 Å². The summed E-state index contributed by atoms with van der Waals surface area (Å²) in [5, 5.41) is 9.68. The number of carbonyl (C=O) groups excluding carboxylic acids is 1. The molecule has 1 aromatic heterocycles. The van der Waals surface area contributed by atoms with E-state index in [-0.39, 0.29) is 5.91 Å². The van der Waals surface area contributed by atoms with Crippen LogP contribution in [0.25, 0.3) is 0 Å². The molecule has 0 radical (unpaired) electrons.